The van der Waals surface area contributed by atoms with Crippen LogP contribution in [0.2, 0.25) is 5.02 Å². The first-order chi connectivity index (χ1) is 13.2. The van der Waals surface area contributed by atoms with Gasteiger partial charge in [0, 0.05) is 10.6 Å². The van der Waals surface area contributed by atoms with E-state index < -0.39 is 0 Å². The molecule has 0 saturated carbocycles. The second-order valence-electron chi connectivity index (χ2n) is 5.38. The van der Waals surface area contributed by atoms with Gasteiger partial charge in [-0.3, -0.25) is 0 Å². The number of hydrogen-bond acceptors (Lipinski definition) is 8. The Morgan fingerprint density at radius 1 is 1.11 bits per heavy atom. The normalized spacial score (nSPS) is 10.9. The lowest BCUT2D eigenvalue weighted by molar-refractivity contribution is 0.414. The van der Waals surface area contributed by atoms with Crippen LogP contribution < -0.4 is 4.74 Å². The molecule has 0 radical (unpaired) electrons. The second-order valence-corrected chi connectivity index (χ2v) is 6.76. The maximum absolute atomic E-state index is 5.90. The van der Waals surface area contributed by atoms with E-state index in [4.69, 9.17) is 20.9 Å². The number of halogens is 1. The summed E-state index contributed by atoms with van der Waals surface area (Å²) in [6.07, 6.45) is 0. The van der Waals surface area contributed by atoms with E-state index in [2.05, 4.69) is 25.7 Å². The minimum Gasteiger partial charge on any atom is -0.497 e. The van der Waals surface area contributed by atoms with E-state index >= 15 is 0 Å². The van der Waals surface area contributed by atoms with Gasteiger partial charge in [0.1, 0.15) is 5.75 Å². The highest BCUT2D eigenvalue weighted by atomic mass is 35.5. The van der Waals surface area contributed by atoms with E-state index in [-0.39, 0.29) is 0 Å². The highest BCUT2D eigenvalue weighted by Crippen LogP contribution is 2.24. The molecule has 0 aliphatic carbocycles. The minimum absolute atomic E-state index is 0.442. The molecule has 27 heavy (non-hydrogen) atoms. The van der Waals surface area contributed by atoms with Gasteiger partial charge in [-0.25, -0.2) is 0 Å². The Morgan fingerprint density at radius 3 is 2.63 bits per heavy atom. The summed E-state index contributed by atoms with van der Waals surface area (Å²) in [6.45, 7) is 0. The van der Waals surface area contributed by atoms with Crippen molar-refractivity contribution in [1.82, 2.24) is 30.3 Å². The van der Waals surface area contributed by atoms with Gasteiger partial charge in [0.2, 0.25) is 5.16 Å². The number of benzene rings is 2. The molecule has 0 aliphatic heterocycles. The Morgan fingerprint density at radius 2 is 1.89 bits per heavy atom. The van der Waals surface area contributed by atoms with Gasteiger partial charge >= 0.3 is 0 Å². The van der Waals surface area contributed by atoms with Crippen molar-refractivity contribution in [3.8, 4) is 22.9 Å². The van der Waals surface area contributed by atoms with Crippen LogP contribution in [0.5, 0.6) is 5.75 Å². The second kappa shape index (κ2) is 7.77. The molecule has 0 unspecified atom stereocenters. The van der Waals surface area contributed by atoms with Crippen molar-refractivity contribution in [2.24, 2.45) is 0 Å². The first-order valence-corrected chi connectivity index (χ1v) is 9.23. The average Bonchev–Trinajstić information content (AvgIpc) is 3.36. The van der Waals surface area contributed by atoms with Gasteiger partial charge in [-0.1, -0.05) is 28.5 Å². The summed E-state index contributed by atoms with van der Waals surface area (Å²) >= 11 is 7.31. The van der Waals surface area contributed by atoms with Crippen LogP contribution in [0.25, 0.3) is 17.1 Å². The molecule has 0 atom stereocenters. The lowest BCUT2D eigenvalue weighted by Gasteiger charge is -2.04. The zero-order valence-electron chi connectivity index (χ0n) is 14.1. The van der Waals surface area contributed by atoms with Crippen LogP contribution in [-0.2, 0) is 5.75 Å². The van der Waals surface area contributed by atoms with Crippen LogP contribution >= 0.6 is 23.4 Å². The molecule has 8 nitrogen and oxygen atoms in total. The van der Waals surface area contributed by atoms with Crippen LogP contribution in [0.15, 0.2) is 58.2 Å². The molecule has 10 heteroatoms. The van der Waals surface area contributed by atoms with Crippen molar-refractivity contribution in [3.63, 3.8) is 0 Å². The topological polar surface area (TPSA) is 91.8 Å². The summed E-state index contributed by atoms with van der Waals surface area (Å²) in [4.78, 5) is 4.40. The molecule has 0 fully saturated rings. The molecule has 0 bridgehead atoms. The molecule has 2 aromatic heterocycles. The van der Waals surface area contributed by atoms with Gasteiger partial charge in [-0.05, 0) is 59.0 Å². The van der Waals surface area contributed by atoms with E-state index in [1.807, 2.05) is 36.4 Å². The van der Waals surface area contributed by atoms with Crippen molar-refractivity contribution in [1.29, 1.82) is 0 Å². The lowest BCUT2D eigenvalue weighted by atomic mass is 10.2. The highest BCUT2D eigenvalue weighted by Gasteiger charge is 2.13. The SMILES string of the molecule is COc1ccc(-n2nnnc2SCc2noc(-c3ccc(Cl)cc3)n2)cc1. The molecule has 2 aromatic carbocycles. The molecule has 136 valence electrons. The fraction of sp³-hybridized carbons (Fsp3) is 0.118. The van der Waals surface area contributed by atoms with E-state index in [1.165, 1.54) is 11.8 Å². The van der Waals surface area contributed by atoms with Crippen LogP contribution in [0.1, 0.15) is 5.82 Å². The highest BCUT2D eigenvalue weighted by molar-refractivity contribution is 7.98. The first-order valence-electron chi connectivity index (χ1n) is 7.87. The lowest BCUT2D eigenvalue weighted by Crippen LogP contribution is -1.99. The van der Waals surface area contributed by atoms with E-state index in [0.29, 0.717) is 27.6 Å². The van der Waals surface area contributed by atoms with Crippen LogP contribution in [0.4, 0.5) is 0 Å². The Kier molecular flexibility index (Phi) is 5.03. The third-order valence-electron chi connectivity index (χ3n) is 3.65. The quantitative estimate of drug-likeness (QED) is 0.453. The van der Waals surface area contributed by atoms with Gasteiger partial charge in [0.05, 0.1) is 18.6 Å². The number of tetrazole rings is 1. The van der Waals surface area contributed by atoms with E-state index in [9.17, 15) is 0 Å². The van der Waals surface area contributed by atoms with Crippen molar-refractivity contribution in [2.45, 2.75) is 10.9 Å². The predicted molar refractivity (Wildman–Crippen MR) is 100 cm³/mol. The third-order valence-corrected chi connectivity index (χ3v) is 4.81. The molecule has 0 N–H and O–H groups in total. The number of aromatic nitrogens is 6. The fourth-order valence-corrected chi connectivity index (χ4v) is 3.17. The number of rotatable bonds is 6. The van der Waals surface area contributed by atoms with Crippen LogP contribution in [-0.4, -0.2) is 37.5 Å². The standard InChI is InChI=1S/C17H13ClN6O2S/c1-25-14-8-6-13(7-9-14)24-17(20-22-23-24)27-10-15-19-16(26-21-15)11-2-4-12(18)5-3-11/h2-9H,10H2,1H3. The summed E-state index contributed by atoms with van der Waals surface area (Å²) in [5.41, 5.74) is 1.64. The molecule has 0 aliphatic rings. The first kappa shape index (κ1) is 17.5. The average molecular weight is 401 g/mol. The van der Waals surface area contributed by atoms with E-state index in [1.54, 1.807) is 23.9 Å². The molecule has 4 rings (SSSR count). The molecular formula is C17H13ClN6O2S. The van der Waals surface area contributed by atoms with Crippen LogP contribution in [0.3, 0.4) is 0 Å². The van der Waals surface area contributed by atoms with E-state index in [0.717, 1.165) is 17.0 Å². The molecular weight excluding hydrogens is 388 g/mol. The number of thioether (sulfide) groups is 1. The number of methoxy groups -OCH3 is 1. The molecule has 0 spiro atoms. The fourth-order valence-electron chi connectivity index (χ4n) is 2.31. The molecule has 4 aromatic rings. The van der Waals surface area contributed by atoms with Gasteiger partial charge in [-0.2, -0.15) is 9.67 Å². The molecule has 0 saturated heterocycles. The zero-order chi connectivity index (χ0) is 18.6. The Labute approximate surface area is 163 Å². The maximum atomic E-state index is 5.90. The summed E-state index contributed by atoms with van der Waals surface area (Å²) in [6, 6.07) is 14.7. The van der Waals surface area contributed by atoms with Crippen molar-refractivity contribution in [2.75, 3.05) is 7.11 Å². The largest absolute Gasteiger partial charge is 0.497 e. The summed E-state index contributed by atoms with van der Waals surface area (Å²) in [5, 5.41) is 17.1. The zero-order valence-corrected chi connectivity index (χ0v) is 15.7. The predicted octanol–water partition coefficient (Wildman–Crippen LogP) is 3.67. The van der Waals surface area contributed by atoms with Crippen LogP contribution in [0, 0.1) is 0 Å². The number of nitrogens with zero attached hydrogens (tertiary/aromatic N) is 6. The van der Waals surface area contributed by atoms with Crippen molar-refractivity contribution in [3.05, 3.63) is 59.4 Å². The van der Waals surface area contributed by atoms with Crippen molar-refractivity contribution < 1.29 is 9.26 Å². The number of hydrogen-bond donors (Lipinski definition) is 0. The minimum atomic E-state index is 0.442. The summed E-state index contributed by atoms with van der Waals surface area (Å²) in [5.74, 6) is 2.22. The third kappa shape index (κ3) is 3.93. The molecule has 2 heterocycles. The Hall–Kier alpha value is -2.91. The van der Waals surface area contributed by atoms with Gasteiger partial charge in [0.15, 0.2) is 5.82 Å². The van der Waals surface area contributed by atoms with Gasteiger partial charge in [-0.15, -0.1) is 5.10 Å². The summed E-state index contributed by atoms with van der Waals surface area (Å²) < 4.78 is 12.1. The van der Waals surface area contributed by atoms with Gasteiger partial charge < -0.3 is 9.26 Å². The Bertz CT molecular complexity index is 1030. The maximum Gasteiger partial charge on any atom is 0.257 e. The molecule has 0 amide bonds. The smallest absolute Gasteiger partial charge is 0.257 e. The Balaban J connectivity index is 1.47. The van der Waals surface area contributed by atoms with Gasteiger partial charge in [0.25, 0.3) is 5.89 Å². The number of ether oxygens (including phenoxy) is 1. The summed E-state index contributed by atoms with van der Waals surface area (Å²) in [7, 11) is 1.62. The monoisotopic (exact) mass is 400 g/mol. The van der Waals surface area contributed by atoms with Crippen molar-refractivity contribution >= 4 is 23.4 Å².